The molecule has 0 spiro atoms. The number of hydrogen-bond donors (Lipinski definition) is 1. The summed E-state index contributed by atoms with van der Waals surface area (Å²) in [4.78, 5) is 12.7. The molecule has 4 nitrogen and oxygen atoms in total. The molecule has 4 fully saturated rings. The second-order valence-corrected chi connectivity index (χ2v) is 15.3. The highest BCUT2D eigenvalue weighted by atomic mass is 16.5. The molecule has 0 aliphatic heterocycles. The van der Waals surface area contributed by atoms with Crippen LogP contribution in [-0.2, 0) is 9.53 Å². The van der Waals surface area contributed by atoms with Crippen LogP contribution in [0.1, 0.15) is 117 Å². The van der Waals surface area contributed by atoms with Crippen molar-refractivity contribution in [3.8, 4) is 11.5 Å². The predicted molar refractivity (Wildman–Crippen MR) is 167 cm³/mol. The first-order valence-electron chi connectivity index (χ1n) is 16.8. The number of carbonyl (C=O) groups excluding carboxylic acids is 1. The van der Waals surface area contributed by atoms with E-state index in [0.717, 1.165) is 53.9 Å². The summed E-state index contributed by atoms with van der Waals surface area (Å²) in [7, 11) is 1.52. The summed E-state index contributed by atoms with van der Waals surface area (Å²) in [6, 6.07) is 5.07. The lowest BCUT2D eigenvalue weighted by molar-refractivity contribution is -0.157. The smallest absolute Gasteiger partial charge is 0.331 e. The Labute approximate surface area is 249 Å². The fraction of sp³-hybridized carbons (Fsp3) is 0.757. The molecule has 0 saturated heterocycles. The Kier molecular flexibility index (Phi) is 9.17. The molecular weight excluding hydrogens is 508 g/mol. The topological polar surface area (TPSA) is 55.8 Å². The highest BCUT2D eigenvalue weighted by Gasteiger charge is 2.60. The average molecular weight is 565 g/mol. The first-order chi connectivity index (χ1) is 19.5. The molecule has 0 heterocycles. The minimum absolute atomic E-state index is 0.0209. The van der Waals surface area contributed by atoms with E-state index in [1.54, 1.807) is 24.3 Å². The number of aromatic hydroxyl groups is 1. The molecule has 0 bridgehead atoms. The Morgan fingerprint density at radius 2 is 1.76 bits per heavy atom. The van der Waals surface area contributed by atoms with E-state index in [1.165, 1.54) is 77.4 Å². The van der Waals surface area contributed by atoms with Gasteiger partial charge < -0.3 is 14.6 Å². The number of carbonyl (C=O) groups is 1. The van der Waals surface area contributed by atoms with Gasteiger partial charge in [0.1, 0.15) is 6.10 Å². The number of ether oxygens (including phenoxy) is 2. The Morgan fingerprint density at radius 3 is 2.51 bits per heavy atom. The summed E-state index contributed by atoms with van der Waals surface area (Å²) in [5, 5.41) is 9.81. The third kappa shape index (κ3) is 6.09. The maximum absolute atomic E-state index is 12.7. The predicted octanol–water partition coefficient (Wildman–Crippen LogP) is 9.45. The highest BCUT2D eigenvalue weighted by Crippen LogP contribution is 2.68. The maximum Gasteiger partial charge on any atom is 0.331 e. The minimum Gasteiger partial charge on any atom is -0.504 e. The molecule has 1 N–H and O–H groups in total. The number of esters is 1. The van der Waals surface area contributed by atoms with Gasteiger partial charge >= 0.3 is 5.97 Å². The van der Waals surface area contributed by atoms with Crippen LogP contribution in [0.15, 0.2) is 24.3 Å². The van der Waals surface area contributed by atoms with E-state index in [2.05, 4.69) is 34.6 Å². The lowest BCUT2D eigenvalue weighted by atomic mass is 9.44. The van der Waals surface area contributed by atoms with Crippen molar-refractivity contribution < 1.29 is 19.4 Å². The summed E-state index contributed by atoms with van der Waals surface area (Å²) in [6.45, 7) is 12.6. The number of phenolic OH excluding ortho intramolecular Hbond substituents is 1. The van der Waals surface area contributed by atoms with Gasteiger partial charge in [-0.25, -0.2) is 4.79 Å². The monoisotopic (exact) mass is 564 g/mol. The van der Waals surface area contributed by atoms with Gasteiger partial charge in [-0.05, 0) is 134 Å². The van der Waals surface area contributed by atoms with Gasteiger partial charge in [-0.15, -0.1) is 0 Å². The minimum atomic E-state index is -0.271. The first-order valence-corrected chi connectivity index (χ1v) is 16.8. The van der Waals surface area contributed by atoms with E-state index in [-0.39, 0.29) is 17.8 Å². The number of phenols is 1. The van der Waals surface area contributed by atoms with Gasteiger partial charge in [0.05, 0.1) is 7.11 Å². The van der Waals surface area contributed by atoms with Gasteiger partial charge in [0, 0.05) is 6.08 Å². The molecule has 5 unspecified atom stereocenters. The largest absolute Gasteiger partial charge is 0.504 e. The van der Waals surface area contributed by atoms with Crippen molar-refractivity contribution in [3.63, 3.8) is 0 Å². The van der Waals surface area contributed by atoms with E-state index < -0.39 is 0 Å². The van der Waals surface area contributed by atoms with Crippen molar-refractivity contribution in [1.82, 2.24) is 0 Å². The fourth-order valence-electron chi connectivity index (χ4n) is 10.5. The third-order valence-electron chi connectivity index (χ3n) is 12.7. The van der Waals surface area contributed by atoms with Crippen LogP contribution >= 0.6 is 0 Å². The number of fused-ring (bicyclic) bond motifs is 5. The first kappa shape index (κ1) is 30.5. The van der Waals surface area contributed by atoms with Crippen molar-refractivity contribution in [2.45, 2.75) is 118 Å². The summed E-state index contributed by atoms with van der Waals surface area (Å²) < 4.78 is 11.2. The fourth-order valence-corrected chi connectivity index (χ4v) is 10.5. The lowest BCUT2D eigenvalue weighted by Crippen LogP contribution is -2.54. The van der Waals surface area contributed by atoms with Gasteiger partial charge in [0.2, 0.25) is 0 Å². The molecule has 4 aliphatic carbocycles. The second kappa shape index (κ2) is 12.3. The normalized spacial score (nSPS) is 37.3. The van der Waals surface area contributed by atoms with E-state index in [1.807, 2.05) is 0 Å². The molecule has 4 saturated carbocycles. The third-order valence-corrected chi connectivity index (χ3v) is 12.7. The van der Waals surface area contributed by atoms with E-state index in [0.29, 0.717) is 22.5 Å². The van der Waals surface area contributed by atoms with E-state index in [9.17, 15) is 9.90 Å². The molecule has 0 amide bonds. The van der Waals surface area contributed by atoms with E-state index in [4.69, 9.17) is 9.47 Å². The van der Waals surface area contributed by atoms with Gasteiger partial charge in [0.15, 0.2) is 11.5 Å². The zero-order valence-corrected chi connectivity index (χ0v) is 26.7. The van der Waals surface area contributed by atoms with Crippen LogP contribution in [0.3, 0.4) is 0 Å². The number of rotatable bonds is 9. The van der Waals surface area contributed by atoms with Crippen LogP contribution in [0.2, 0.25) is 0 Å². The zero-order valence-electron chi connectivity index (χ0n) is 26.7. The van der Waals surface area contributed by atoms with Crippen LogP contribution in [-0.4, -0.2) is 24.3 Å². The number of methoxy groups -OCH3 is 1. The van der Waals surface area contributed by atoms with Crippen LogP contribution < -0.4 is 4.74 Å². The molecule has 228 valence electrons. The van der Waals surface area contributed by atoms with Crippen LogP contribution in [0.25, 0.3) is 6.08 Å². The van der Waals surface area contributed by atoms with Gasteiger partial charge in [0.25, 0.3) is 0 Å². The average Bonchev–Trinajstić information content (AvgIpc) is 3.30. The molecule has 1 aromatic rings. The van der Waals surface area contributed by atoms with Crippen molar-refractivity contribution in [2.75, 3.05) is 7.11 Å². The van der Waals surface area contributed by atoms with E-state index >= 15 is 0 Å². The Hall–Kier alpha value is -1.97. The number of hydrogen-bond acceptors (Lipinski definition) is 4. The van der Waals surface area contributed by atoms with Gasteiger partial charge in [-0.3, -0.25) is 0 Å². The Bertz CT molecular complexity index is 1090. The van der Waals surface area contributed by atoms with Crippen LogP contribution in [0.4, 0.5) is 0 Å². The molecule has 5 rings (SSSR count). The molecular formula is C37H56O4. The van der Waals surface area contributed by atoms with Crippen molar-refractivity contribution >= 4 is 12.0 Å². The molecule has 41 heavy (non-hydrogen) atoms. The maximum atomic E-state index is 12.7. The number of benzene rings is 1. The zero-order chi connectivity index (χ0) is 29.4. The second-order valence-electron chi connectivity index (χ2n) is 15.3. The summed E-state index contributed by atoms with van der Waals surface area (Å²) in [5.74, 6) is 6.14. The standard InChI is InChI=1S/C37H56O4/c1-24(2)8-7-9-25(3)30-14-15-31-29-13-12-27-23-28(18-20-36(27,4)32(29)19-21-37(30,31)5)41-35(39)17-11-26-10-16-33(38)34(22-26)40-6/h10-11,16-17,22,24-25,27-32,38H,7-9,12-15,18-21,23H2,1-6H3/b17-11+/t25-,27?,28+,29?,30?,31?,32?,36+,37-/m1/s1. The molecule has 0 aromatic heterocycles. The summed E-state index contributed by atoms with van der Waals surface area (Å²) >= 11 is 0. The van der Waals surface area contributed by atoms with Gasteiger partial charge in [-0.2, -0.15) is 0 Å². The Morgan fingerprint density at radius 1 is 1.00 bits per heavy atom. The highest BCUT2D eigenvalue weighted by molar-refractivity contribution is 5.87. The SMILES string of the molecule is COc1cc(/C=C/C(=O)O[C@H]2CC[C@@]3(C)C(CCC4C3CC[C@@]3(C)C4CCC3[C@H](C)CCCC(C)C)C2)ccc1O. The lowest BCUT2D eigenvalue weighted by Gasteiger charge is -2.61. The molecule has 4 heteroatoms. The molecule has 0 radical (unpaired) electrons. The van der Waals surface area contributed by atoms with Crippen molar-refractivity contribution in [2.24, 2.45) is 52.3 Å². The van der Waals surface area contributed by atoms with Crippen LogP contribution in [0, 0.1) is 52.3 Å². The van der Waals surface area contributed by atoms with Gasteiger partial charge in [-0.1, -0.05) is 59.9 Å². The van der Waals surface area contributed by atoms with Crippen molar-refractivity contribution in [3.05, 3.63) is 29.8 Å². The summed E-state index contributed by atoms with van der Waals surface area (Å²) in [5.41, 5.74) is 1.74. The van der Waals surface area contributed by atoms with Crippen LogP contribution in [0.5, 0.6) is 11.5 Å². The molecule has 9 atom stereocenters. The van der Waals surface area contributed by atoms with Crippen molar-refractivity contribution in [1.29, 1.82) is 0 Å². The Balaban J connectivity index is 1.18. The quantitative estimate of drug-likeness (QED) is 0.240. The summed E-state index contributed by atoms with van der Waals surface area (Å²) in [6.07, 6.45) is 19.1. The molecule has 1 aromatic carbocycles. The molecule has 4 aliphatic rings.